The van der Waals surface area contributed by atoms with Crippen molar-refractivity contribution in [2.45, 2.75) is 32.6 Å². The first-order valence-electron chi connectivity index (χ1n) is 5.24. The molecular formula is C10H18N2O4. The Bertz CT molecular complexity index is 266. The molecule has 16 heavy (non-hydrogen) atoms. The number of nitrogens with zero attached hydrogens (tertiary/aromatic N) is 1. The molecule has 92 valence electrons. The second-order valence-electron chi connectivity index (χ2n) is 3.52. The summed E-state index contributed by atoms with van der Waals surface area (Å²) in [6.07, 6.45) is 1.05. The van der Waals surface area contributed by atoms with E-state index in [0.717, 1.165) is 6.42 Å². The summed E-state index contributed by atoms with van der Waals surface area (Å²) in [6.45, 7) is 2.51. The molecule has 3 amide bonds. The summed E-state index contributed by atoms with van der Waals surface area (Å²) in [7, 11) is 1.60. The van der Waals surface area contributed by atoms with Gasteiger partial charge in [0.2, 0.25) is 5.91 Å². The minimum Gasteiger partial charge on any atom is -0.481 e. The van der Waals surface area contributed by atoms with E-state index in [1.165, 1.54) is 4.90 Å². The van der Waals surface area contributed by atoms with Crippen LogP contribution >= 0.6 is 0 Å². The largest absolute Gasteiger partial charge is 0.481 e. The minimum absolute atomic E-state index is 0.0536. The molecule has 6 heteroatoms. The van der Waals surface area contributed by atoms with E-state index in [1.54, 1.807) is 7.05 Å². The zero-order chi connectivity index (χ0) is 12.6. The first-order valence-corrected chi connectivity index (χ1v) is 5.24. The molecule has 0 fully saturated rings. The van der Waals surface area contributed by atoms with Crippen LogP contribution in [0.4, 0.5) is 4.79 Å². The van der Waals surface area contributed by atoms with E-state index in [9.17, 15) is 14.4 Å². The van der Waals surface area contributed by atoms with Gasteiger partial charge in [0.25, 0.3) is 0 Å². The Morgan fingerprint density at radius 3 is 2.38 bits per heavy atom. The number of amides is 3. The van der Waals surface area contributed by atoms with Crippen molar-refractivity contribution in [3.05, 3.63) is 0 Å². The highest BCUT2D eigenvalue weighted by molar-refractivity contribution is 5.94. The van der Waals surface area contributed by atoms with Crippen LogP contribution in [0.25, 0.3) is 0 Å². The highest BCUT2D eigenvalue weighted by Gasteiger charge is 2.11. The summed E-state index contributed by atoms with van der Waals surface area (Å²) >= 11 is 0. The molecule has 0 radical (unpaired) electrons. The Morgan fingerprint density at radius 1 is 1.25 bits per heavy atom. The smallest absolute Gasteiger partial charge is 0.323 e. The van der Waals surface area contributed by atoms with Crippen molar-refractivity contribution in [2.75, 3.05) is 13.6 Å². The average Bonchev–Trinajstić information content (AvgIpc) is 2.17. The maximum absolute atomic E-state index is 11.3. The number of carboxylic acid groups (broad SMARTS) is 1. The number of hydrogen-bond acceptors (Lipinski definition) is 3. The third kappa shape index (κ3) is 6.80. The lowest BCUT2D eigenvalue weighted by molar-refractivity contribution is -0.137. The van der Waals surface area contributed by atoms with Crippen molar-refractivity contribution in [3.8, 4) is 0 Å². The van der Waals surface area contributed by atoms with E-state index in [1.807, 2.05) is 6.92 Å². The number of carbonyl (C=O) groups excluding carboxylic acids is 2. The van der Waals surface area contributed by atoms with Gasteiger partial charge in [0.05, 0.1) is 0 Å². The molecule has 0 aliphatic carbocycles. The Morgan fingerprint density at radius 2 is 1.88 bits per heavy atom. The van der Waals surface area contributed by atoms with Gasteiger partial charge >= 0.3 is 12.0 Å². The van der Waals surface area contributed by atoms with Gasteiger partial charge in [0, 0.05) is 26.4 Å². The number of rotatable bonds is 6. The van der Waals surface area contributed by atoms with Crippen molar-refractivity contribution in [2.24, 2.45) is 0 Å². The molecule has 6 nitrogen and oxygen atoms in total. The van der Waals surface area contributed by atoms with Crippen molar-refractivity contribution in [1.82, 2.24) is 10.2 Å². The van der Waals surface area contributed by atoms with Gasteiger partial charge in [0.1, 0.15) is 0 Å². The monoisotopic (exact) mass is 230 g/mol. The van der Waals surface area contributed by atoms with Gasteiger partial charge in [-0.1, -0.05) is 6.92 Å². The summed E-state index contributed by atoms with van der Waals surface area (Å²) in [6, 6.07) is -0.442. The van der Waals surface area contributed by atoms with Gasteiger partial charge in [-0.25, -0.2) is 4.79 Å². The first kappa shape index (κ1) is 14.4. The van der Waals surface area contributed by atoms with Crippen LogP contribution in [0, 0.1) is 0 Å². The van der Waals surface area contributed by atoms with Gasteiger partial charge in [-0.05, 0) is 12.8 Å². The number of carbonyl (C=O) groups is 3. The van der Waals surface area contributed by atoms with Gasteiger partial charge in [-0.15, -0.1) is 0 Å². The number of urea groups is 1. The highest BCUT2D eigenvalue weighted by atomic mass is 16.4. The molecule has 2 N–H and O–H groups in total. The molecule has 0 rings (SSSR count). The van der Waals surface area contributed by atoms with Crippen LogP contribution in [0.2, 0.25) is 0 Å². The fourth-order valence-corrected chi connectivity index (χ4v) is 1.11. The predicted octanol–water partition coefficient (Wildman–Crippen LogP) is 0.819. The number of hydrogen-bond donors (Lipinski definition) is 2. The summed E-state index contributed by atoms with van der Waals surface area (Å²) in [5.74, 6) is -1.38. The number of carboxylic acids is 1. The molecule has 0 aromatic heterocycles. The maximum Gasteiger partial charge on any atom is 0.323 e. The Balaban J connectivity index is 3.78. The number of aliphatic carboxylic acids is 1. The summed E-state index contributed by atoms with van der Waals surface area (Å²) in [5.41, 5.74) is 0. The lowest BCUT2D eigenvalue weighted by atomic mass is 10.2. The van der Waals surface area contributed by atoms with E-state index < -0.39 is 17.9 Å². The third-order valence-electron chi connectivity index (χ3n) is 1.95. The van der Waals surface area contributed by atoms with E-state index in [2.05, 4.69) is 5.32 Å². The average molecular weight is 230 g/mol. The molecule has 0 spiro atoms. The highest BCUT2D eigenvalue weighted by Crippen LogP contribution is 1.96. The Labute approximate surface area is 94.6 Å². The van der Waals surface area contributed by atoms with Crippen LogP contribution in [0.3, 0.4) is 0 Å². The van der Waals surface area contributed by atoms with E-state index >= 15 is 0 Å². The molecule has 0 aromatic rings. The molecule has 0 aliphatic heterocycles. The fraction of sp³-hybridized carbons (Fsp3) is 0.700. The molecule has 0 saturated heterocycles. The summed E-state index contributed by atoms with van der Waals surface area (Å²) in [4.78, 5) is 34.1. The van der Waals surface area contributed by atoms with Crippen molar-refractivity contribution >= 4 is 17.9 Å². The summed E-state index contributed by atoms with van der Waals surface area (Å²) in [5, 5.41) is 10.6. The molecule has 0 saturated carbocycles. The van der Waals surface area contributed by atoms with Crippen LogP contribution < -0.4 is 5.32 Å². The van der Waals surface area contributed by atoms with Crippen LogP contribution in [0.15, 0.2) is 0 Å². The van der Waals surface area contributed by atoms with Crippen molar-refractivity contribution in [1.29, 1.82) is 0 Å². The van der Waals surface area contributed by atoms with E-state index in [-0.39, 0.29) is 19.3 Å². The van der Waals surface area contributed by atoms with E-state index in [0.29, 0.717) is 6.54 Å². The lowest BCUT2D eigenvalue weighted by Crippen LogP contribution is -2.40. The first-order chi connectivity index (χ1) is 7.47. The van der Waals surface area contributed by atoms with Crippen molar-refractivity contribution < 1.29 is 19.5 Å². The Kier molecular flexibility index (Phi) is 6.91. The quantitative estimate of drug-likeness (QED) is 0.707. The van der Waals surface area contributed by atoms with Crippen LogP contribution in [0.1, 0.15) is 32.6 Å². The SMILES string of the molecule is CCCN(C)C(=O)NC(=O)CCCC(=O)O. The number of imide groups is 1. The maximum atomic E-state index is 11.3. The minimum atomic E-state index is -0.942. The molecule has 0 unspecified atom stereocenters. The predicted molar refractivity (Wildman–Crippen MR) is 57.9 cm³/mol. The van der Waals surface area contributed by atoms with Crippen LogP contribution in [0.5, 0.6) is 0 Å². The lowest BCUT2D eigenvalue weighted by Gasteiger charge is -2.15. The standard InChI is InChI=1S/C10H18N2O4/c1-3-7-12(2)10(16)11-8(13)5-4-6-9(14)15/h3-7H2,1-2H3,(H,14,15)(H,11,13,16). The fourth-order valence-electron chi connectivity index (χ4n) is 1.11. The topological polar surface area (TPSA) is 86.7 Å². The molecule has 0 aromatic carbocycles. The normalized spacial score (nSPS) is 9.62. The Hall–Kier alpha value is -1.59. The van der Waals surface area contributed by atoms with Crippen LogP contribution in [-0.4, -0.2) is 41.5 Å². The van der Waals surface area contributed by atoms with E-state index in [4.69, 9.17) is 5.11 Å². The van der Waals surface area contributed by atoms with Gasteiger partial charge < -0.3 is 10.0 Å². The molecule has 0 aliphatic rings. The number of nitrogens with one attached hydrogen (secondary N) is 1. The molecule has 0 heterocycles. The second kappa shape index (κ2) is 7.67. The van der Waals surface area contributed by atoms with Crippen molar-refractivity contribution in [3.63, 3.8) is 0 Å². The molecule has 0 atom stereocenters. The molecule has 0 bridgehead atoms. The third-order valence-corrected chi connectivity index (χ3v) is 1.95. The molecular weight excluding hydrogens is 212 g/mol. The van der Waals surface area contributed by atoms with Gasteiger partial charge in [-0.2, -0.15) is 0 Å². The summed E-state index contributed by atoms with van der Waals surface area (Å²) < 4.78 is 0. The zero-order valence-electron chi connectivity index (χ0n) is 9.65. The second-order valence-corrected chi connectivity index (χ2v) is 3.52. The van der Waals surface area contributed by atoms with Crippen LogP contribution in [-0.2, 0) is 9.59 Å². The zero-order valence-corrected chi connectivity index (χ0v) is 9.65. The van der Waals surface area contributed by atoms with Gasteiger partial charge in [0.15, 0.2) is 0 Å². The van der Waals surface area contributed by atoms with Gasteiger partial charge in [-0.3, -0.25) is 14.9 Å².